The number of rotatable bonds is 4. The van der Waals surface area contributed by atoms with Gasteiger partial charge in [0.25, 0.3) is 0 Å². The molecule has 1 aromatic rings. The quantitative estimate of drug-likeness (QED) is 0.669. The number of carboxylic acid groups (broad SMARTS) is 1. The largest absolute Gasteiger partial charge is 0.496 e. The maximum absolute atomic E-state index is 10.3. The van der Waals surface area contributed by atoms with Crippen LogP contribution < -0.4 is 4.74 Å². The lowest BCUT2D eigenvalue weighted by Gasteiger charge is -2.12. The van der Waals surface area contributed by atoms with Gasteiger partial charge >= 0.3 is 5.97 Å². The maximum Gasteiger partial charge on any atom is 0.328 e. The summed E-state index contributed by atoms with van der Waals surface area (Å²) in [4.78, 5) is 10.3. The zero-order valence-electron chi connectivity index (χ0n) is 10.5. The Morgan fingerprint density at radius 1 is 1.39 bits per heavy atom. The molecule has 0 unspecified atom stereocenters. The first kappa shape index (κ1) is 14.3. The number of aryl methyl sites for hydroxylation is 1. The molecule has 0 amide bonds. The number of benzene rings is 1. The highest BCUT2D eigenvalue weighted by Crippen LogP contribution is 2.32. The molecule has 0 bridgehead atoms. The molecular weight excluding hydrogens is 252 g/mol. The molecule has 1 N–H and O–H groups in total. The first-order valence-corrected chi connectivity index (χ1v) is 5.76. The summed E-state index contributed by atoms with van der Waals surface area (Å²) >= 11 is 6.17. The van der Waals surface area contributed by atoms with Gasteiger partial charge in [-0.2, -0.15) is 0 Å². The molecule has 1 aromatic carbocycles. The molecule has 3 nitrogen and oxygen atoms in total. The van der Waals surface area contributed by atoms with Crippen LogP contribution in [-0.4, -0.2) is 18.2 Å². The third-order valence-electron chi connectivity index (χ3n) is 2.53. The number of ether oxygens (including phenoxy) is 1. The van der Waals surface area contributed by atoms with Gasteiger partial charge in [0, 0.05) is 16.7 Å². The van der Waals surface area contributed by atoms with Gasteiger partial charge in [0.15, 0.2) is 0 Å². The Kier molecular flexibility index (Phi) is 4.98. The number of hydrogen-bond donors (Lipinski definition) is 1. The highest BCUT2D eigenvalue weighted by atomic mass is 35.5. The zero-order chi connectivity index (χ0) is 13.7. The summed E-state index contributed by atoms with van der Waals surface area (Å²) in [7, 11) is 1.59. The molecule has 0 saturated carbocycles. The summed E-state index contributed by atoms with van der Waals surface area (Å²) in [5, 5.41) is 9.17. The molecule has 0 radical (unpaired) electrons. The van der Waals surface area contributed by atoms with Crippen molar-refractivity contribution in [2.75, 3.05) is 7.11 Å². The minimum Gasteiger partial charge on any atom is -0.496 e. The SMILES string of the molecule is COc1cc(C)c(Cl)c(C)c1/C=C/C=C/C(=O)O. The van der Waals surface area contributed by atoms with E-state index in [1.165, 1.54) is 6.08 Å². The molecule has 0 saturated heterocycles. The van der Waals surface area contributed by atoms with E-state index in [9.17, 15) is 4.79 Å². The summed E-state index contributed by atoms with van der Waals surface area (Å²) in [6, 6.07) is 1.86. The normalized spacial score (nSPS) is 11.3. The molecule has 96 valence electrons. The van der Waals surface area contributed by atoms with Crippen molar-refractivity contribution in [2.45, 2.75) is 13.8 Å². The lowest BCUT2D eigenvalue weighted by molar-refractivity contribution is -0.131. The average Bonchev–Trinajstić information content (AvgIpc) is 2.33. The van der Waals surface area contributed by atoms with Crippen molar-refractivity contribution in [1.29, 1.82) is 0 Å². The van der Waals surface area contributed by atoms with E-state index < -0.39 is 5.97 Å². The predicted molar refractivity (Wildman–Crippen MR) is 73.3 cm³/mol. The lowest BCUT2D eigenvalue weighted by Crippen LogP contribution is -1.93. The van der Waals surface area contributed by atoms with E-state index >= 15 is 0 Å². The fourth-order valence-corrected chi connectivity index (χ4v) is 1.76. The van der Waals surface area contributed by atoms with Crippen LogP contribution in [0.2, 0.25) is 5.02 Å². The van der Waals surface area contributed by atoms with E-state index in [0.717, 1.165) is 28.5 Å². The topological polar surface area (TPSA) is 46.5 Å². The van der Waals surface area contributed by atoms with Crippen molar-refractivity contribution in [1.82, 2.24) is 0 Å². The molecule has 4 heteroatoms. The van der Waals surface area contributed by atoms with Gasteiger partial charge in [-0.05, 0) is 31.0 Å². The Labute approximate surface area is 111 Å². The van der Waals surface area contributed by atoms with Crippen LogP contribution in [0.3, 0.4) is 0 Å². The second-order valence-electron chi connectivity index (χ2n) is 3.80. The Balaban J connectivity index is 3.15. The fraction of sp³-hybridized carbons (Fsp3) is 0.214. The van der Waals surface area contributed by atoms with E-state index in [0.29, 0.717) is 5.02 Å². The second-order valence-corrected chi connectivity index (χ2v) is 4.18. The number of carboxylic acids is 1. The van der Waals surface area contributed by atoms with Gasteiger partial charge in [-0.1, -0.05) is 29.8 Å². The molecule has 18 heavy (non-hydrogen) atoms. The molecular formula is C14H15ClO3. The van der Waals surface area contributed by atoms with Crippen LogP contribution in [0.15, 0.2) is 24.3 Å². The van der Waals surface area contributed by atoms with Crippen LogP contribution in [0.1, 0.15) is 16.7 Å². The summed E-state index contributed by atoms with van der Waals surface area (Å²) < 4.78 is 5.29. The lowest BCUT2D eigenvalue weighted by atomic mass is 10.0. The number of hydrogen-bond acceptors (Lipinski definition) is 2. The van der Waals surface area contributed by atoms with Crippen molar-refractivity contribution in [3.05, 3.63) is 46.0 Å². The monoisotopic (exact) mass is 266 g/mol. The second kappa shape index (κ2) is 6.26. The Morgan fingerprint density at radius 2 is 2.06 bits per heavy atom. The minimum absolute atomic E-state index is 0.692. The summed E-state index contributed by atoms with van der Waals surface area (Å²) in [5.41, 5.74) is 2.71. The van der Waals surface area contributed by atoms with Crippen molar-refractivity contribution in [3.63, 3.8) is 0 Å². The average molecular weight is 267 g/mol. The Morgan fingerprint density at radius 3 is 2.61 bits per heavy atom. The highest BCUT2D eigenvalue weighted by Gasteiger charge is 2.09. The van der Waals surface area contributed by atoms with Gasteiger partial charge in [-0.25, -0.2) is 4.79 Å². The Bertz CT molecular complexity index is 516. The molecule has 0 aromatic heterocycles. The molecule has 0 aliphatic heterocycles. The molecule has 0 spiro atoms. The van der Waals surface area contributed by atoms with Gasteiger partial charge in [0.2, 0.25) is 0 Å². The molecule has 0 heterocycles. The van der Waals surface area contributed by atoms with Gasteiger partial charge in [-0.15, -0.1) is 0 Å². The third kappa shape index (κ3) is 3.37. The Hall–Kier alpha value is -1.74. The number of methoxy groups -OCH3 is 1. The minimum atomic E-state index is -0.981. The summed E-state index contributed by atoms with van der Waals surface area (Å²) in [6.07, 6.45) is 5.94. The predicted octanol–water partition coefficient (Wildman–Crippen LogP) is 3.62. The van der Waals surface area contributed by atoms with Crippen LogP contribution in [-0.2, 0) is 4.79 Å². The van der Waals surface area contributed by atoms with Gasteiger partial charge < -0.3 is 9.84 Å². The van der Waals surface area contributed by atoms with Crippen LogP contribution >= 0.6 is 11.6 Å². The van der Waals surface area contributed by atoms with Crippen molar-refractivity contribution >= 4 is 23.6 Å². The van der Waals surface area contributed by atoms with E-state index in [4.69, 9.17) is 21.4 Å². The highest BCUT2D eigenvalue weighted by molar-refractivity contribution is 6.32. The summed E-state index contributed by atoms with van der Waals surface area (Å²) in [6.45, 7) is 3.81. The van der Waals surface area contributed by atoms with Gasteiger partial charge in [0.1, 0.15) is 5.75 Å². The standard InChI is InChI=1S/C14H15ClO3/c1-9-8-12(18-3)11(10(2)14(9)15)6-4-5-7-13(16)17/h4-8H,1-3H3,(H,16,17)/b6-4+,7-5+. The third-order valence-corrected chi connectivity index (χ3v) is 3.11. The first-order valence-electron chi connectivity index (χ1n) is 5.38. The zero-order valence-corrected chi connectivity index (χ0v) is 11.3. The molecule has 0 aliphatic rings. The smallest absolute Gasteiger partial charge is 0.328 e. The van der Waals surface area contributed by atoms with Crippen molar-refractivity contribution < 1.29 is 14.6 Å². The number of aliphatic carboxylic acids is 1. The molecule has 0 atom stereocenters. The van der Waals surface area contributed by atoms with E-state index in [1.807, 2.05) is 19.9 Å². The van der Waals surface area contributed by atoms with Gasteiger partial charge in [0.05, 0.1) is 7.11 Å². The van der Waals surface area contributed by atoms with Crippen LogP contribution in [0, 0.1) is 13.8 Å². The number of allylic oxidation sites excluding steroid dienone is 2. The van der Waals surface area contributed by atoms with Crippen molar-refractivity contribution in [2.24, 2.45) is 0 Å². The van der Waals surface area contributed by atoms with E-state index in [2.05, 4.69) is 0 Å². The summed E-state index contributed by atoms with van der Waals surface area (Å²) in [5.74, 6) is -0.264. The molecule has 0 aliphatic carbocycles. The number of halogens is 1. The van der Waals surface area contributed by atoms with Gasteiger partial charge in [-0.3, -0.25) is 0 Å². The molecule has 0 fully saturated rings. The van der Waals surface area contributed by atoms with E-state index in [1.54, 1.807) is 19.3 Å². The molecule has 1 rings (SSSR count). The van der Waals surface area contributed by atoms with Crippen LogP contribution in [0.5, 0.6) is 5.75 Å². The fourth-order valence-electron chi connectivity index (χ4n) is 1.60. The first-order chi connectivity index (χ1) is 8.47. The van der Waals surface area contributed by atoms with Crippen molar-refractivity contribution in [3.8, 4) is 5.75 Å². The maximum atomic E-state index is 10.3. The number of carbonyl (C=O) groups is 1. The van der Waals surface area contributed by atoms with E-state index in [-0.39, 0.29) is 0 Å². The van der Waals surface area contributed by atoms with Crippen LogP contribution in [0.4, 0.5) is 0 Å². The van der Waals surface area contributed by atoms with Crippen LogP contribution in [0.25, 0.3) is 6.08 Å².